The zero-order valence-corrected chi connectivity index (χ0v) is 78.0. The summed E-state index contributed by atoms with van der Waals surface area (Å²) in [4.78, 5) is 91.1. The summed E-state index contributed by atoms with van der Waals surface area (Å²) < 4.78 is 41.4. The van der Waals surface area contributed by atoms with Crippen molar-refractivity contribution in [2.24, 2.45) is 5.92 Å². The number of hydrogen-bond acceptors (Lipinski definition) is 25. The van der Waals surface area contributed by atoms with Gasteiger partial charge >= 0.3 is 48.7 Å². The van der Waals surface area contributed by atoms with E-state index < -0.39 is 44.8 Å². The fraction of sp³-hybridized carbons (Fsp3) is 0.906. The molecular formula is C85H171N17O16. The van der Waals surface area contributed by atoms with Crippen molar-refractivity contribution >= 4 is 48.7 Å². The molecule has 0 bridgehead atoms. The van der Waals surface area contributed by atoms with Crippen molar-refractivity contribution in [2.75, 3.05) is 118 Å². The Morgan fingerprint density at radius 1 is 0.195 bits per heavy atom. The molecule has 0 spiro atoms. The third-order valence-electron chi connectivity index (χ3n) is 17.5. The van der Waals surface area contributed by atoms with Gasteiger partial charge in [-0.15, -0.1) is 0 Å². The number of rotatable bonds is 8. The van der Waals surface area contributed by atoms with Gasteiger partial charge in [0.05, 0.1) is 0 Å². The SMILES string of the molecule is CC(C)(C)OC(=O)NC1CCNCC1.CC(C)(C)OC(=O)N[C@@H]1CCCCNC1.CC(C)(C)OC(=O)N[C@@H]1CCCNC1.CC(C)(C)OC(=O)N[C@@H]1CCNC1.CC(C)(C)OC(=O)N[C@H]1CCCCNC1.CC(C)(C)OC(=O)N[C@H]1CCCNC1.CC(C)(C)OC(=O)N[C@H]1CCCNCC1.CC(C)(C)OC(=O)N[C@H]1CCNC1.CC1CNC1. The summed E-state index contributed by atoms with van der Waals surface area (Å²) in [5.74, 6) is 0.954. The lowest BCUT2D eigenvalue weighted by Gasteiger charge is -2.26. The lowest BCUT2D eigenvalue weighted by Crippen LogP contribution is -2.47. The van der Waals surface area contributed by atoms with E-state index in [2.05, 4.69) is 97.3 Å². The van der Waals surface area contributed by atoms with Crippen molar-refractivity contribution in [1.29, 1.82) is 0 Å². The lowest BCUT2D eigenvalue weighted by atomic mass is 10.1. The van der Waals surface area contributed by atoms with Crippen LogP contribution >= 0.6 is 0 Å². The molecule has 9 saturated heterocycles. The van der Waals surface area contributed by atoms with Crippen LogP contribution in [0.4, 0.5) is 38.4 Å². The van der Waals surface area contributed by atoms with E-state index in [0.717, 1.165) is 207 Å². The summed E-state index contributed by atoms with van der Waals surface area (Å²) in [6.45, 7) is 64.7. The third kappa shape index (κ3) is 69.5. The van der Waals surface area contributed by atoms with Crippen LogP contribution in [-0.2, 0) is 37.9 Å². The van der Waals surface area contributed by atoms with Gasteiger partial charge in [-0.2, -0.15) is 0 Å². The van der Waals surface area contributed by atoms with Crippen molar-refractivity contribution in [1.82, 2.24) is 90.4 Å². The number of amides is 8. The van der Waals surface area contributed by atoms with Gasteiger partial charge in [-0.1, -0.05) is 19.8 Å². The highest BCUT2D eigenvalue weighted by Crippen LogP contribution is 2.17. The maximum absolute atomic E-state index is 11.5. The molecule has 17 N–H and O–H groups in total. The Morgan fingerprint density at radius 2 is 0.347 bits per heavy atom. The number of carbonyl (C=O) groups excluding carboxylic acids is 8. The molecule has 0 saturated carbocycles. The van der Waals surface area contributed by atoms with Crippen LogP contribution in [0.3, 0.4) is 0 Å². The van der Waals surface area contributed by atoms with Crippen molar-refractivity contribution in [3.05, 3.63) is 0 Å². The van der Waals surface area contributed by atoms with Gasteiger partial charge in [0.2, 0.25) is 0 Å². The van der Waals surface area contributed by atoms with Crippen LogP contribution in [-0.4, -0.2) is 260 Å². The molecule has 7 atom stereocenters. The highest BCUT2D eigenvalue weighted by molar-refractivity contribution is 5.71. The predicted octanol–water partition coefficient (Wildman–Crippen LogP) is 10.7. The van der Waals surface area contributed by atoms with Crippen LogP contribution in [0.5, 0.6) is 0 Å². The first-order chi connectivity index (χ1) is 54.7. The number of alkyl carbamates (subject to hydrolysis) is 8. The Morgan fingerprint density at radius 3 is 0.559 bits per heavy atom. The molecule has 9 fully saturated rings. The highest BCUT2D eigenvalue weighted by atomic mass is 16.6. The first-order valence-electron chi connectivity index (χ1n) is 44.0. The maximum Gasteiger partial charge on any atom is 0.407 e. The van der Waals surface area contributed by atoms with E-state index in [4.69, 9.17) is 37.9 Å². The van der Waals surface area contributed by atoms with Crippen LogP contribution < -0.4 is 90.4 Å². The molecule has 33 heteroatoms. The van der Waals surface area contributed by atoms with Crippen molar-refractivity contribution < 1.29 is 76.3 Å². The average Bonchev–Trinajstić information content (AvgIpc) is 0.989. The summed E-state index contributed by atoms with van der Waals surface area (Å²) >= 11 is 0. The van der Waals surface area contributed by atoms with Gasteiger partial charge in [0.15, 0.2) is 0 Å². The molecular weight excluding hydrogens is 1520 g/mol. The minimum Gasteiger partial charge on any atom is -0.444 e. The zero-order valence-electron chi connectivity index (χ0n) is 78.0. The van der Waals surface area contributed by atoms with Gasteiger partial charge in [-0.3, -0.25) is 0 Å². The lowest BCUT2D eigenvalue weighted by molar-refractivity contribution is 0.0484. The molecule has 692 valence electrons. The van der Waals surface area contributed by atoms with E-state index in [1.807, 2.05) is 166 Å². The normalized spacial score (nSPS) is 22.6. The molecule has 0 aromatic rings. The molecule has 118 heavy (non-hydrogen) atoms. The Bertz CT molecular complexity index is 2460. The van der Waals surface area contributed by atoms with Gasteiger partial charge in [-0.25, -0.2) is 38.4 Å². The number of piperidine rings is 3. The fourth-order valence-corrected chi connectivity index (χ4v) is 12.1. The summed E-state index contributed by atoms with van der Waals surface area (Å²) in [7, 11) is 0. The summed E-state index contributed by atoms with van der Waals surface area (Å²) in [5.41, 5.74) is -3.28. The van der Waals surface area contributed by atoms with Crippen molar-refractivity contribution in [3.63, 3.8) is 0 Å². The van der Waals surface area contributed by atoms with Crippen molar-refractivity contribution in [3.8, 4) is 0 Å². The van der Waals surface area contributed by atoms with Gasteiger partial charge < -0.3 is 128 Å². The van der Waals surface area contributed by atoms with E-state index in [1.54, 1.807) is 0 Å². The Labute approximate surface area is 711 Å². The first-order valence-corrected chi connectivity index (χ1v) is 44.0. The molecule has 0 aromatic carbocycles. The second-order valence-corrected chi connectivity index (χ2v) is 39.6. The van der Waals surface area contributed by atoms with E-state index in [9.17, 15) is 38.4 Å². The summed E-state index contributed by atoms with van der Waals surface area (Å²) in [6, 6.07) is 1.85. The maximum atomic E-state index is 11.5. The second kappa shape index (κ2) is 57.2. The minimum atomic E-state index is -0.414. The van der Waals surface area contributed by atoms with Crippen LogP contribution in [0.25, 0.3) is 0 Å². The number of ether oxygens (including phenoxy) is 8. The quantitative estimate of drug-likeness (QED) is 0.100. The standard InChI is InChI=1S/3C11H22N2O2.3C10H20N2O2.2C9H18N2O2.C4H9N/c1-11(2,3)15-10(14)13-9-5-4-7-12-8-6-9;2*1-11(2,3)15-10(14)13-9-6-4-5-7-12-8-9;1-10(2,3)14-9(13)12-8-4-6-11-7-5-8;2*1-10(2,3)14-9(13)12-8-5-4-6-11-7-8;2*1-9(2,3)13-8(12)11-7-4-5-10-6-7;1-4-2-5-3-4/h3*9,12H,4-8H2,1-3H3,(H,13,14);3*8,11H,4-7H2,1-3H3,(H,12,13);2*7,10H,4-6H2,1-3H3,(H,11,12);4-5H,2-3H2,1H3/t3*9-;;2*8-;2*7-;/m010.1010./s1. The van der Waals surface area contributed by atoms with Gasteiger partial charge in [0.25, 0.3) is 0 Å². The molecule has 9 aliphatic heterocycles. The fourth-order valence-electron chi connectivity index (χ4n) is 12.1. The zero-order chi connectivity index (χ0) is 89.2. The summed E-state index contributed by atoms with van der Waals surface area (Å²) in [6.07, 6.45) is 15.6. The summed E-state index contributed by atoms with van der Waals surface area (Å²) in [5, 5.41) is 52.0. The van der Waals surface area contributed by atoms with Gasteiger partial charge in [0, 0.05) is 87.6 Å². The minimum absolute atomic E-state index is 0.211. The van der Waals surface area contributed by atoms with Crippen LogP contribution in [0.2, 0.25) is 0 Å². The predicted molar refractivity (Wildman–Crippen MR) is 469 cm³/mol. The van der Waals surface area contributed by atoms with Gasteiger partial charge in [0.1, 0.15) is 44.8 Å². The molecule has 0 unspecified atom stereocenters. The Kier molecular flexibility index (Phi) is 53.2. The second-order valence-electron chi connectivity index (χ2n) is 39.6. The molecule has 0 aliphatic carbocycles. The first kappa shape index (κ1) is 110. The monoisotopic (exact) mass is 1690 g/mol. The molecule has 9 rings (SSSR count). The van der Waals surface area contributed by atoms with Crippen LogP contribution in [0, 0.1) is 5.92 Å². The third-order valence-corrected chi connectivity index (χ3v) is 17.5. The van der Waals surface area contributed by atoms with E-state index >= 15 is 0 Å². The molecule has 0 radical (unpaired) electrons. The molecule has 0 aromatic heterocycles. The smallest absolute Gasteiger partial charge is 0.407 e. The molecule has 9 heterocycles. The molecule has 33 nitrogen and oxygen atoms in total. The Hall–Kier alpha value is -6.20. The van der Waals surface area contributed by atoms with Gasteiger partial charge in [-0.05, 0) is 347 Å². The highest BCUT2D eigenvalue weighted by Gasteiger charge is 2.29. The molecule has 9 aliphatic rings. The topological polar surface area (TPSA) is 415 Å². The van der Waals surface area contributed by atoms with E-state index in [1.165, 1.54) is 25.9 Å². The van der Waals surface area contributed by atoms with Crippen molar-refractivity contribution in [2.45, 2.75) is 375 Å². The van der Waals surface area contributed by atoms with E-state index in [0.29, 0.717) is 0 Å². The van der Waals surface area contributed by atoms with Crippen LogP contribution in [0.15, 0.2) is 0 Å². The molecule has 8 amide bonds. The number of nitrogens with one attached hydrogen (secondary N) is 17. The number of carbonyl (C=O) groups is 8. The Balaban J connectivity index is 0.000000668. The largest absolute Gasteiger partial charge is 0.444 e. The van der Waals surface area contributed by atoms with Crippen LogP contribution in [0.1, 0.15) is 282 Å². The average molecular weight is 1690 g/mol. The van der Waals surface area contributed by atoms with E-state index in [-0.39, 0.29) is 97.1 Å². The number of hydrogen-bond donors (Lipinski definition) is 17.